The van der Waals surface area contributed by atoms with Crippen molar-refractivity contribution in [3.63, 3.8) is 0 Å². The molecule has 0 aliphatic heterocycles. The Kier molecular flexibility index (Phi) is 2.00. The van der Waals surface area contributed by atoms with Gasteiger partial charge in [0.1, 0.15) is 5.60 Å². The van der Waals surface area contributed by atoms with Crippen LogP contribution in [0.1, 0.15) is 24.2 Å². The van der Waals surface area contributed by atoms with Crippen LogP contribution in [0.4, 0.5) is 0 Å². The van der Waals surface area contributed by atoms with E-state index in [0.717, 1.165) is 18.4 Å². The average Bonchev–Trinajstić information content (AvgIpc) is 2.88. The molecule has 5 heteroatoms. The van der Waals surface area contributed by atoms with Crippen molar-refractivity contribution >= 4 is 0 Å². The summed E-state index contributed by atoms with van der Waals surface area (Å²) in [4.78, 5) is 1.51. The summed E-state index contributed by atoms with van der Waals surface area (Å²) in [6, 6.07) is 9.93. The molecule has 1 heterocycles. The molecule has 16 heavy (non-hydrogen) atoms. The van der Waals surface area contributed by atoms with Crippen molar-refractivity contribution < 1.29 is 5.11 Å². The number of benzene rings is 1. The van der Waals surface area contributed by atoms with Gasteiger partial charge in [0.15, 0.2) is 0 Å². The lowest BCUT2D eigenvalue weighted by atomic mass is 10.2. The molecule has 0 unspecified atom stereocenters. The Labute approximate surface area is 92.7 Å². The molecule has 0 spiro atoms. The SMILES string of the molecule is OC1(c2nnn(Cc3ccccc3)n2)CC1. The predicted octanol–water partition coefficient (Wildman–Crippen LogP) is 0.703. The molecule has 3 rings (SSSR count). The molecule has 0 radical (unpaired) electrons. The molecule has 1 saturated carbocycles. The molecule has 0 atom stereocenters. The van der Waals surface area contributed by atoms with E-state index in [1.54, 1.807) is 0 Å². The molecule has 82 valence electrons. The largest absolute Gasteiger partial charge is 0.382 e. The zero-order chi connectivity index (χ0) is 11.0. The van der Waals surface area contributed by atoms with E-state index in [1.807, 2.05) is 30.3 Å². The Hall–Kier alpha value is -1.75. The second kappa shape index (κ2) is 3.38. The molecule has 1 fully saturated rings. The Morgan fingerprint density at radius 1 is 1.25 bits per heavy atom. The van der Waals surface area contributed by atoms with Gasteiger partial charge in [0.05, 0.1) is 6.54 Å². The molecule has 1 aliphatic carbocycles. The van der Waals surface area contributed by atoms with Crippen LogP contribution in [0.25, 0.3) is 0 Å². The third kappa shape index (κ3) is 1.69. The minimum Gasteiger partial charge on any atom is -0.382 e. The summed E-state index contributed by atoms with van der Waals surface area (Å²) >= 11 is 0. The highest BCUT2D eigenvalue weighted by Crippen LogP contribution is 2.42. The molecule has 5 nitrogen and oxygen atoms in total. The summed E-state index contributed by atoms with van der Waals surface area (Å²) < 4.78 is 0. The maximum absolute atomic E-state index is 9.80. The fourth-order valence-electron chi connectivity index (χ4n) is 1.59. The number of hydrogen-bond acceptors (Lipinski definition) is 4. The van der Waals surface area contributed by atoms with Gasteiger partial charge in [-0.1, -0.05) is 30.3 Å². The van der Waals surface area contributed by atoms with Crippen LogP contribution < -0.4 is 0 Å². The van der Waals surface area contributed by atoms with Crippen LogP contribution in [0.15, 0.2) is 30.3 Å². The summed E-state index contributed by atoms with van der Waals surface area (Å²) in [6.45, 7) is 0.587. The van der Waals surface area contributed by atoms with E-state index in [9.17, 15) is 5.11 Å². The molecule has 1 aliphatic rings. The van der Waals surface area contributed by atoms with E-state index in [1.165, 1.54) is 4.80 Å². The molecular formula is C11H12N4O. The topological polar surface area (TPSA) is 63.8 Å². The predicted molar refractivity (Wildman–Crippen MR) is 56.5 cm³/mol. The van der Waals surface area contributed by atoms with Gasteiger partial charge in [-0.05, 0) is 23.6 Å². The van der Waals surface area contributed by atoms with Crippen LogP contribution in [0.2, 0.25) is 0 Å². The van der Waals surface area contributed by atoms with Crippen molar-refractivity contribution in [3.8, 4) is 0 Å². The second-order valence-electron chi connectivity index (χ2n) is 4.16. The Balaban J connectivity index is 1.78. The van der Waals surface area contributed by atoms with Gasteiger partial charge in [0, 0.05) is 0 Å². The van der Waals surface area contributed by atoms with Crippen LogP contribution in [0.5, 0.6) is 0 Å². The van der Waals surface area contributed by atoms with Crippen molar-refractivity contribution in [1.29, 1.82) is 0 Å². The first-order chi connectivity index (χ1) is 7.76. The average molecular weight is 216 g/mol. The summed E-state index contributed by atoms with van der Waals surface area (Å²) in [6.07, 6.45) is 1.48. The van der Waals surface area contributed by atoms with Gasteiger partial charge in [-0.15, -0.1) is 10.2 Å². The molecule has 0 amide bonds. The maximum atomic E-state index is 9.80. The second-order valence-corrected chi connectivity index (χ2v) is 4.16. The number of nitrogens with zero attached hydrogens (tertiary/aromatic N) is 4. The smallest absolute Gasteiger partial charge is 0.206 e. The van der Waals surface area contributed by atoms with Crippen LogP contribution >= 0.6 is 0 Å². The number of rotatable bonds is 3. The summed E-state index contributed by atoms with van der Waals surface area (Å²) in [7, 11) is 0. The lowest BCUT2D eigenvalue weighted by Crippen LogP contribution is -2.09. The number of aliphatic hydroxyl groups is 1. The minimum absolute atomic E-state index is 0.448. The molecule has 1 aromatic heterocycles. The highest BCUT2D eigenvalue weighted by molar-refractivity contribution is 5.14. The van der Waals surface area contributed by atoms with E-state index < -0.39 is 5.60 Å². The summed E-state index contributed by atoms with van der Waals surface area (Å²) in [5.74, 6) is 0.448. The molecule has 0 saturated heterocycles. The number of tetrazole rings is 1. The lowest BCUT2D eigenvalue weighted by Gasteiger charge is -1.99. The Bertz CT molecular complexity index is 490. The Morgan fingerprint density at radius 2 is 2.00 bits per heavy atom. The van der Waals surface area contributed by atoms with Crippen molar-refractivity contribution in [2.45, 2.75) is 25.0 Å². The summed E-state index contributed by atoms with van der Waals surface area (Å²) in [5.41, 5.74) is 0.323. The first-order valence-corrected chi connectivity index (χ1v) is 5.31. The first kappa shape index (κ1) is 9.47. The molecule has 1 aromatic carbocycles. The lowest BCUT2D eigenvalue weighted by molar-refractivity contribution is 0.140. The van der Waals surface area contributed by atoms with Crippen LogP contribution in [-0.4, -0.2) is 25.3 Å². The van der Waals surface area contributed by atoms with Gasteiger partial charge in [-0.3, -0.25) is 0 Å². The third-order valence-corrected chi connectivity index (χ3v) is 2.76. The van der Waals surface area contributed by atoms with Crippen LogP contribution in [-0.2, 0) is 12.1 Å². The van der Waals surface area contributed by atoms with E-state index >= 15 is 0 Å². The Morgan fingerprint density at radius 3 is 2.69 bits per heavy atom. The van der Waals surface area contributed by atoms with E-state index in [2.05, 4.69) is 15.4 Å². The third-order valence-electron chi connectivity index (χ3n) is 2.76. The highest BCUT2D eigenvalue weighted by Gasteiger charge is 2.46. The number of hydrogen-bond donors (Lipinski definition) is 1. The van der Waals surface area contributed by atoms with Crippen molar-refractivity contribution in [3.05, 3.63) is 41.7 Å². The van der Waals surface area contributed by atoms with Crippen LogP contribution in [0, 0.1) is 0 Å². The standard InChI is InChI=1S/C11H12N4O/c16-11(6-7-11)10-12-14-15(13-10)8-9-4-2-1-3-5-9/h1-5,16H,6-8H2. The maximum Gasteiger partial charge on any atom is 0.206 e. The zero-order valence-corrected chi connectivity index (χ0v) is 8.74. The first-order valence-electron chi connectivity index (χ1n) is 5.31. The summed E-state index contributed by atoms with van der Waals surface area (Å²) in [5, 5.41) is 21.8. The highest BCUT2D eigenvalue weighted by atomic mass is 16.3. The van der Waals surface area contributed by atoms with Crippen LogP contribution in [0.3, 0.4) is 0 Å². The fourth-order valence-corrected chi connectivity index (χ4v) is 1.59. The van der Waals surface area contributed by atoms with Gasteiger partial charge in [-0.25, -0.2) is 0 Å². The van der Waals surface area contributed by atoms with Crippen molar-refractivity contribution in [1.82, 2.24) is 20.2 Å². The van der Waals surface area contributed by atoms with Crippen molar-refractivity contribution in [2.24, 2.45) is 0 Å². The van der Waals surface area contributed by atoms with Gasteiger partial charge in [0.2, 0.25) is 5.82 Å². The monoisotopic (exact) mass is 216 g/mol. The zero-order valence-electron chi connectivity index (χ0n) is 8.74. The minimum atomic E-state index is -0.797. The van der Waals surface area contributed by atoms with Gasteiger partial charge in [-0.2, -0.15) is 4.80 Å². The quantitative estimate of drug-likeness (QED) is 0.820. The molecule has 2 aromatic rings. The molecule has 0 bridgehead atoms. The van der Waals surface area contributed by atoms with Gasteiger partial charge >= 0.3 is 0 Å². The van der Waals surface area contributed by atoms with E-state index in [4.69, 9.17) is 0 Å². The van der Waals surface area contributed by atoms with E-state index in [0.29, 0.717) is 12.4 Å². The van der Waals surface area contributed by atoms with Gasteiger partial charge < -0.3 is 5.11 Å². The number of aromatic nitrogens is 4. The fraction of sp³-hybridized carbons (Fsp3) is 0.364. The molecular weight excluding hydrogens is 204 g/mol. The normalized spacial score (nSPS) is 17.3. The molecule has 1 N–H and O–H groups in total. The van der Waals surface area contributed by atoms with E-state index in [-0.39, 0.29) is 0 Å². The van der Waals surface area contributed by atoms with Crippen molar-refractivity contribution in [2.75, 3.05) is 0 Å². The van der Waals surface area contributed by atoms with Gasteiger partial charge in [0.25, 0.3) is 0 Å².